The van der Waals surface area contributed by atoms with Gasteiger partial charge in [-0.3, -0.25) is 4.79 Å². The minimum Gasteiger partial charge on any atom is -0.484 e. The van der Waals surface area contributed by atoms with Crippen LogP contribution in [0.4, 0.5) is 0 Å². The lowest BCUT2D eigenvalue weighted by Gasteiger charge is -2.26. The molecule has 0 spiro atoms. The third-order valence-electron chi connectivity index (χ3n) is 3.60. The van der Waals surface area contributed by atoms with Crippen LogP contribution >= 0.6 is 0 Å². The first-order valence-electron chi connectivity index (χ1n) is 7.05. The summed E-state index contributed by atoms with van der Waals surface area (Å²) in [5.41, 5.74) is 6.19. The summed E-state index contributed by atoms with van der Waals surface area (Å²) in [7, 11) is 0. The number of benzene rings is 1. The van der Waals surface area contributed by atoms with Crippen molar-refractivity contribution in [2.75, 3.05) is 6.61 Å². The lowest BCUT2D eigenvalue weighted by atomic mass is 9.93. The molecule has 0 unspecified atom stereocenters. The van der Waals surface area contributed by atoms with Gasteiger partial charge >= 0.3 is 0 Å². The number of carbonyl (C=O) groups excluding carboxylic acids is 1. The maximum absolute atomic E-state index is 10.6. The Morgan fingerprint density at radius 2 is 1.90 bits per heavy atom. The zero-order chi connectivity index (χ0) is 14.4. The van der Waals surface area contributed by atoms with Gasteiger partial charge < -0.3 is 20.9 Å². The molecule has 1 aliphatic rings. The van der Waals surface area contributed by atoms with Gasteiger partial charge in [-0.15, -0.1) is 0 Å². The molecule has 5 heteroatoms. The van der Waals surface area contributed by atoms with Gasteiger partial charge in [0.25, 0.3) is 5.91 Å². The SMILES string of the molecule is NC(=O)COc1ccc(CNC2CCC(O)CC2)cc1. The van der Waals surface area contributed by atoms with Crippen LogP contribution in [-0.2, 0) is 11.3 Å². The fourth-order valence-corrected chi connectivity index (χ4v) is 2.40. The van der Waals surface area contributed by atoms with Crippen LogP contribution in [0.2, 0.25) is 0 Å². The number of ether oxygens (including phenoxy) is 1. The molecule has 5 nitrogen and oxygen atoms in total. The lowest BCUT2D eigenvalue weighted by Crippen LogP contribution is -2.34. The fraction of sp³-hybridized carbons (Fsp3) is 0.533. The molecule has 0 aromatic heterocycles. The van der Waals surface area contributed by atoms with E-state index in [0.717, 1.165) is 32.2 Å². The molecule has 0 bridgehead atoms. The Bertz CT molecular complexity index is 425. The van der Waals surface area contributed by atoms with Gasteiger partial charge in [-0.2, -0.15) is 0 Å². The number of amides is 1. The van der Waals surface area contributed by atoms with E-state index in [0.29, 0.717) is 11.8 Å². The van der Waals surface area contributed by atoms with Crippen molar-refractivity contribution >= 4 is 5.91 Å². The molecular weight excluding hydrogens is 256 g/mol. The number of aliphatic hydroxyl groups excluding tert-OH is 1. The summed E-state index contributed by atoms with van der Waals surface area (Å²) in [5, 5.41) is 13.0. The molecule has 4 N–H and O–H groups in total. The number of aliphatic hydroxyl groups is 1. The second-order valence-corrected chi connectivity index (χ2v) is 5.29. The van der Waals surface area contributed by atoms with Crippen molar-refractivity contribution < 1.29 is 14.6 Å². The molecule has 0 atom stereocenters. The van der Waals surface area contributed by atoms with Crippen molar-refractivity contribution in [2.45, 2.75) is 44.4 Å². The number of hydrogen-bond donors (Lipinski definition) is 3. The maximum Gasteiger partial charge on any atom is 0.255 e. The molecule has 1 saturated carbocycles. The Hall–Kier alpha value is -1.59. The van der Waals surface area contributed by atoms with E-state index in [-0.39, 0.29) is 12.7 Å². The average Bonchev–Trinajstić information content (AvgIpc) is 2.45. The second-order valence-electron chi connectivity index (χ2n) is 5.29. The van der Waals surface area contributed by atoms with Crippen LogP contribution < -0.4 is 15.8 Å². The lowest BCUT2D eigenvalue weighted by molar-refractivity contribution is -0.119. The minimum absolute atomic E-state index is 0.0952. The number of carbonyl (C=O) groups is 1. The van der Waals surface area contributed by atoms with Crippen molar-refractivity contribution in [3.05, 3.63) is 29.8 Å². The van der Waals surface area contributed by atoms with Crippen LogP contribution in [0, 0.1) is 0 Å². The normalized spacial score (nSPS) is 22.4. The summed E-state index contributed by atoms with van der Waals surface area (Å²) in [6.45, 7) is 0.707. The van der Waals surface area contributed by atoms with E-state index >= 15 is 0 Å². The first-order valence-corrected chi connectivity index (χ1v) is 7.05. The topological polar surface area (TPSA) is 84.6 Å². The van der Waals surface area contributed by atoms with Crippen molar-refractivity contribution in [3.63, 3.8) is 0 Å². The molecule has 0 radical (unpaired) electrons. The first-order chi connectivity index (χ1) is 9.63. The van der Waals surface area contributed by atoms with E-state index in [1.165, 1.54) is 5.56 Å². The van der Waals surface area contributed by atoms with Crippen LogP contribution in [0.25, 0.3) is 0 Å². The molecule has 0 saturated heterocycles. The van der Waals surface area contributed by atoms with E-state index in [1.54, 1.807) is 0 Å². The summed E-state index contributed by atoms with van der Waals surface area (Å²) in [5.74, 6) is 0.170. The molecule has 1 aromatic carbocycles. The van der Waals surface area contributed by atoms with Gasteiger partial charge in [-0.05, 0) is 43.4 Å². The van der Waals surface area contributed by atoms with Crippen LogP contribution in [0.3, 0.4) is 0 Å². The molecule has 2 rings (SSSR count). The Morgan fingerprint density at radius 3 is 2.50 bits per heavy atom. The predicted octanol–water partition coefficient (Wildman–Crippen LogP) is 0.944. The molecular formula is C15H22N2O3. The second kappa shape index (κ2) is 7.26. The molecule has 0 heterocycles. The number of nitrogens with two attached hydrogens (primary N) is 1. The smallest absolute Gasteiger partial charge is 0.255 e. The highest BCUT2D eigenvalue weighted by Crippen LogP contribution is 2.19. The Morgan fingerprint density at radius 1 is 1.25 bits per heavy atom. The van der Waals surface area contributed by atoms with Crippen LogP contribution in [-0.4, -0.2) is 29.8 Å². The number of nitrogens with one attached hydrogen (secondary N) is 1. The summed E-state index contributed by atoms with van der Waals surface area (Å²) in [4.78, 5) is 10.6. The van der Waals surface area contributed by atoms with Gasteiger partial charge in [-0.1, -0.05) is 12.1 Å². The van der Waals surface area contributed by atoms with Gasteiger partial charge in [0.1, 0.15) is 5.75 Å². The minimum atomic E-state index is -0.477. The monoisotopic (exact) mass is 278 g/mol. The molecule has 1 fully saturated rings. The summed E-state index contributed by atoms with van der Waals surface area (Å²) >= 11 is 0. The van der Waals surface area contributed by atoms with Crippen molar-refractivity contribution in [3.8, 4) is 5.75 Å². The highest BCUT2D eigenvalue weighted by Gasteiger charge is 2.18. The van der Waals surface area contributed by atoms with Gasteiger partial charge in [0.15, 0.2) is 6.61 Å². The largest absolute Gasteiger partial charge is 0.484 e. The Labute approximate surface area is 119 Å². The highest BCUT2D eigenvalue weighted by molar-refractivity contribution is 5.75. The molecule has 1 aliphatic carbocycles. The number of rotatable bonds is 6. The van der Waals surface area contributed by atoms with E-state index in [4.69, 9.17) is 10.5 Å². The quantitative estimate of drug-likeness (QED) is 0.723. The zero-order valence-corrected chi connectivity index (χ0v) is 11.5. The average molecular weight is 278 g/mol. The van der Waals surface area contributed by atoms with Gasteiger partial charge in [0.05, 0.1) is 6.10 Å². The third kappa shape index (κ3) is 4.83. The zero-order valence-electron chi connectivity index (χ0n) is 11.5. The summed E-state index contributed by atoms with van der Waals surface area (Å²) in [6.07, 6.45) is 3.71. The van der Waals surface area contributed by atoms with Crippen LogP contribution in [0.1, 0.15) is 31.2 Å². The van der Waals surface area contributed by atoms with E-state index in [2.05, 4.69) is 5.32 Å². The van der Waals surface area contributed by atoms with E-state index in [1.807, 2.05) is 24.3 Å². The van der Waals surface area contributed by atoms with E-state index in [9.17, 15) is 9.90 Å². The standard InChI is InChI=1S/C15H22N2O3/c16-15(19)10-20-14-7-1-11(2-8-14)9-17-12-3-5-13(18)6-4-12/h1-2,7-8,12-13,17-18H,3-6,9-10H2,(H2,16,19). The fourth-order valence-electron chi connectivity index (χ4n) is 2.40. The van der Waals surface area contributed by atoms with Crippen molar-refractivity contribution in [1.29, 1.82) is 0 Å². The molecule has 0 aliphatic heterocycles. The predicted molar refractivity (Wildman–Crippen MR) is 76.2 cm³/mol. The molecule has 1 amide bonds. The Kier molecular flexibility index (Phi) is 5.38. The van der Waals surface area contributed by atoms with Gasteiger partial charge in [-0.25, -0.2) is 0 Å². The molecule has 110 valence electrons. The number of hydrogen-bond acceptors (Lipinski definition) is 4. The van der Waals surface area contributed by atoms with Gasteiger partial charge in [0, 0.05) is 12.6 Å². The summed E-state index contributed by atoms with van der Waals surface area (Å²) < 4.78 is 5.21. The van der Waals surface area contributed by atoms with Crippen molar-refractivity contribution in [2.24, 2.45) is 5.73 Å². The maximum atomic E-state index is 10.6. The molecule has 1 aromatic rings. The van der Waals surface area contributed by atoms with E-state index < -0.39 is 5.91 Å². The van der Waals surface area contributed by atoms with Crippen LogP contribution in [0.5, 0.6) is 5.75 Å². The van der Waals surface area contributed by atoms with Crippen molar-refractivity contribution in [1.82, 2.24) is 5.32 Å². The third-order valence-corrected chi connectivity index (χ3v) is 3.60. The highest BCUT2D eigenvalue weighted by atomic mass is 16.5. The molecule has 20 heavy (non-hydrogen) atoms. The Balaban J connectivity index is 1.74. The number of primary amides is 1. The van der Waals surface area contributed by atoms with Gasteiger partial charge in [0.2, 0.25) is 0 Å². The summed E-state index contributed by atoms with van der Waals surface area (Å²) in [6, 6.07) is 8.11. The van der Waals surface area contributed by atoms with Crippen LogP contribution in [0.15, 0.2) is 24.3 Å². The first kappa shape index (κ1) is 14.8.